The van der Waals surface area contributed by atoms with Crippen molar-refractivity contribution in [2.45, 2.75) is 26.3 Å². The second-order valence-electron chi connectivity index (χ2n) is 5.21. The van der Waals surface area contributed by atoms with Crippen LogP contribution in [0.1, 0.15) is 30.6 Å². The van der Waals surface area contributed by atoms with Crippen molar-refractivity contribution in [3.63, 3.8) is 0 Å². The molecule has 0 spiro atoms. The lowest BCUT2D eigenvalue weighted by Crippen LogP contribution is -2.40. The third kappa shape index (κ3) is 3.92. The average molecular weight is 333 g/mol. The molecule has 0 fully saturated rings. The molecule has 24 heavy (non-hydrogen) atoms. The fourth-order valence-electron chi connectivity index (χ4n) is 2.07. The monoisotopic (exact) mass is 333 g/mol. The van der Waals surface area contributed by atoms with Gasteiger partial charge in [-0.1, -0.05) is 6.92 Å². The molecule has 1 amide bonds. The Balaban J connectivity index is 2.29. The lowest BCUT2D eigenvalue weighted by atomic mass is 10.1. The SMILES string of the molecule is CCCOc1ccc2cc(C(=O)NC(C)C(=O)OC)c(=O)oc2c1. The highest BCUT2D eigenvalue weighted by Gasteiger charge is 2.20. The first-order valence-electron chi connectivity index (χ1n) is 7.55. The molecule has 0 aliphatic carbocycles. The molecule has 1 atom stereocenters. The van der Waals surface area contributed by atoms with E-state index in [1.165, 1.54) is 20.1 Å². The molecule has 1 aromatic heterocycles. The van der Waals surface area contributed by atoms with Gasteiger partial charge < -0.3 is 19.2 Å². The topological polar surface area (TPSA) is 94.8 Å². The van der Waals surface area contributed by atoms with E-state index in [9.17, 15) is 14.4 Å². The average Bonchev–Trinajstić information content (AvgIpc) is 2.58. The van der Waals surface area contributed by atoms with E-state index in [1.807, 2.05) is 6.92 Å². The summed E-state index contributed by atoms with van der Waals surface area (Å²) in [4.78, 5) is 35.5. The molecule has 0 saturated carbocycles. The van der Waals surface area contributed by atoms with Crippen LogP contribution in [0.4, 0.5) is 0 Å². The van der Waals surface area contributed by atoms with E-state index in [1.54, 1.807) is 18.2 Å². The predicted molar refractivity (Wildman–Crippen MR) is 87.2 cm³/mol. The van der Waals surface area contributed by atoms with Crippen LogP contribution in [-0.2, 0) is 9.53 Å². The molecular formula is C17H19NO6. The Morgan fingerprint density at radius 3 is 2.71 bits per heavy atom. The summed E-state index contributed by atoms with van der Waals surface area (Å²) in [6.45, 7) is 4.01. The van der Waals surface area contributed by atoms with Gasteiger partial charge in [-0.3, -0.25) is 4.79 Å². The Labute approximate surface area is 138 Å². The highest BCUT2D eigenvalue weighted by atomic mass is 16.5. The minimum absolute atomic E-state index is 0.180. The maximum atomic E-state index is 12.1. The molecule has 1 heterocycles. The molecule has 128 valence electrons. The largest absolute Gasteiger partial charge is 0.493 e. The van der Waals surface area contributed by atoms with Crippen molar-refractivity contribution in [2.75, 3.05) is 13.7 Å². The maximum absolute atomic E-state index is 12.1. The number of nitrogens with one attached hydrogen (secondary N) is 1. The summed E-state index contributed by atoms with van der Waals surface area (Å²) in [6.07, 6.45) is 0.861. The van der Waals surface area contributed by atoms with E-state index < -0.39 is 23.5 Å². The van der Waals surface area contributed by atoms with Crippen LogP contribution < -0.4 is 15.7 Å². The zero-order chi connectivity index (χ0) is 17.7. The minimum atomic E-state index is -0.873. The van der Waals surface area contributed by atoms with Gasteiger partial charge in [0, 0.05) is 11.5 Å². The van der Waals surface area contributed by atoms with E-state index in [2.05, 4.69) is 10.1 Å². The van der Waals surface area contributed by atoms with Crippen molar-refractivity contribution < 1.29 is 23.5 Å². The van der Waals surface area contributed by atoms with Crippen molar-refractivity contribution in [1.29, 1.82) is 0 Å². The van der Waals surface area contributed by atoms with Crippen LogP contribution in [0.15, 0.2) is 33.5 Å². The number of carbonyl (C=O) groups excluding carboxylic acids is 2. The number of methoxy groups -OCH3 is 1. The summed E-state index contributed by atoms with van der Waals surface area (Å²) in [5.41, 5.74) is -0.642. The van der Waals surface area contributed by atoms with E-state index in [-0.39, 0.29) is 5.56 Å². The lowest BCUT2D eigenvalue weighted by Gasteiger charge is -2.11. The van der Waals surface area contributed by atoms with Gasteiger partial charge in [0.1, 0.15) is 22.9 Å². The molecule has 0 aliphatic heterocycles. The summed E-state index contributed by atoms with van der Waals surface area (Å²) >= 11 is 0. The molecule has 0 radical (unpaired) electrons. The Kier molecular flexibility index (Phi) is 5.57. The van der Waals surface area contributed by atoms with Crippen molar-refractivity contribution in [2.24, 2.45) is 0 Å². The minimum Gasteiger partial charge on any atom is -0.493 e. The number of ether oxygens (including phenoxy) is 2. The molecule has 7 nitrogen and oxygen atoms in total. The third-order valence-corrected chi connectivity index (χ3v) is 3.33. The standard InChI is InChI=1S/C17H19NO6/c1-4-7-23-12-6-5-11-8-13(17(21)24-14(11)9-12)15(19)18-10(2)16(20)22-3/h5-6,8-10H,4,7H2,1-3H3,(H,18,19). The predicted octanol–water partition coefficient (Wildman–Crippen LogP) is 1.87. The first kappa shape index (κ1) is 17.5. The van der Waals surface area contributed by atoms with Crippen molar-refractivity contribution >= 4 is 22.8 Å². The summed E-state index contributed by atoms with van der Waals surface area (Å²) in [7, 11) is 1.22. The van der Waals surface area contributed by atoms with Crippen molar-refractivity contribution in [3.05, 3.63) is 40.2 Å². The molecule has 0 bridgehead atoms. The van der Waals surface area contributed by atoms with Gasteiger partial charge in [-0.05, 0) is 31.5 Å². The normalized spacial score (nSPS) is 11.8. The fourth-order valence-corrected chi connectivity index (χ4v) is 2.07. The Morgan fingerprint density at radius 1 is 1.29 bits per heavy atom. The van der Waals surface area contributed by atoms with Crippen LogP contribution >= 0.6 is 0 Å². The second kappa shape index (κ2) is 7.63. The number of fused-ring (bicyclic) bond motifs is 1. The van der Waals surface area contributed by atoms with Crippen molar-refractivity contribution in [1.82, 2.24) is 5.32 Å². The number of benzene rings is 1. The highest BCUT2D eigenvalue weighted by Crippen LogP contribution is 2.20. The highest BCUT2D eigenvalue weighted by molar-refractivity contribution is 5.98. The van der Waals surface area contributed by atoms with E-state index in [4.69, 9.17) is 9.15 Å². The molecule has 2 aromatic rings. The van der Waals surface area contributed by atoms with Gasteiger partial charge in [-0.25, -0.2) is 9.59 Å². The van der Waals surface area contributed by atoms with E-state index >= 15 is 0 Å². The van der Waals surface area contributed by atoms with Gasteiger partial charge >= 0.3 is 11.6 Å². The van der Waals surface area contributed by atoms with Crippen LogP contribution in [-0.4, -0.2) is 31.6 Å². The number of amides is 1. The fraction of sp³-hybridized carbons (Fsp3) is 0.353. The maximum Gasteiger partial charge on any atom is 0.349 e. The molecule has 1 N–H and O–H groups in total. The molecule has 2 rings (SSSR count). The van der Waals surface area contributed by atoms with Gasteiger partial charge in [0.15, 0.2) is 0 Å². The van der Waals surface area contributed by atoms with Gasteiger partial charge in [0.2, 0.25) is 0 Å². The number of hydrogen-bond donors (Lipinski definition) is 1. The van der Waals surface area contributed by atoms with Gasteiger partial charge in [-0.15, -0.1) is 0 Å². The van der Waals surface area contributed by atoms with Crippen LogP contribution in [0, 0.1) is 0 Å². The van der Waals surface area contributed by atoms with Gasteiger partial charge in [0.25, 0.3) is 5.91 Å². The van der Waals surface area contributed by atoms with Crippen LogP contribution in [0.25, 0.3) is 11.0 Å². The molecular weight excluding hydrogens is 314 g/mol. The van der Waals surface area contributed by atoms with E-state index in [0.29, 0.717) is 23.3 Å². The quantitative estimate of drug-likeness (QED) is 0.640. The summed E-state index contributed by atoms with van der Waals surface area (Å²) < 4.78 is 15.2. The summed E-state index contributed by atoms with van der Waals surface area (Å²) in [5, 5.41) is 2.97. The molecule has 0 saturated heterocycles. The zero-order valence-corrected chi connectivity index (χ0v) is 13.8. The van der Waals surface area contributed by atoms with Crippen LogP contribution in [0.5, 0.6) is 5.75 Å². The number of esters is 1. The smallest absolute Gasteiger partial charge is 0.349 e. The van der Waals surface area contributed by atoms with Crippen molar-refractivity contribution in [3.8, 4) is 5.75 Å². The summed E-state index contributed by atoms with van der Waals surface area (Å²) in [5.74, 6) is -0.717. The molecule has 0 aliphatic rings. The molecule has 7 heteroatoms. The zero-order valence-electron chi connectivity index (χ0n) is 13.8. The molecule has 1 aromatic carbocycles. The second-order valence-corrected chi connectivity index (χ2v) is 5.21. The number of hydrogen-bond acceptors (Lipinski definition) is 6. The first-order valence-corrected chi connectivity index (χ1v) is 7.55. The third-order valence-electron chi connectivity index (χ3n) is 3.33. The first-order chi connectivity index (χ1) is 11.5. The molecule has 1 unspecified atom stereocenters. The Morgan fingerprint density at radius 2 is 2.04 bits per heavy atom. The van der Waals surface area contributed by atoms with Crippen LogP contribution in [0.3, 0.4) is 0 Å². The summed E-state index contributed by atoms with van der Waals surface area (Å²) in [6, 6.07) is 5.58. The van der Waals surface area contributed by atoms with Gasteiger partial charge in [-0.2, -0.15) is 0 Å². The Bertz CT molecular complexity index is 810. The van der Waals surface area contributed by atoms with Crippen LogP contribution in [0.2, 0.25) is 0 Å². The van der Waals surface area contributed by atoms with Gasteiger partial charge in [0.05, 0.1) is 13.7 Å². The number of carbonyl (C=O) groups is 2. The van der Waals surface area contributed by atoms with E-state index in [0.717, 1.165) is 6.42 Å². The Hall–Kier alpha value is -2.83. The number of rotatable bonds is 6. The lowest BCUT2D eigenvalue weighted by molar-refractivity contribution is -0.142.